The van der Waals surface area contributed by atoms with Crippen molar-refractivity contribution in [3.05, 3.63) is 20.8 Å². The molecule has 1 aliphatic carbocycles. The average Bonchev–Trinajstić information content (AvgIpc) is 2.65. The molecule has 1 heterocycles. The van der Waals surface area contributed by atoms with E-state index in [4.69, 9.17) is 5.73 Å². The fourth-order valence-corrected chi connectivity index (χ4v) is 3.80. The molecule has 2 unspecified atom stereocenters. The van der Waals surface area contributed by atoms with Crippen molar-refractivity contribution >= 4 is 33.0 Å². The van der Waals surface area contributed by atoms with Crippen molar-refractivity contribution in [3.8, 4) is 0 Å². The first-order valence-electron chi connectivity index (χ1n) is 5.68. The molecule has 1 aromatic heterocycles. The molecule has 0 bridgehead atoms. The molecule has 0 saturated heterocycles. The molecule has 0 aromatic carbocycles. The Balaban J connectivity index is 2.00. The summed E-state index contributed by atoms with van der Waals surface area (Å²) in [7, 11) is 0. The predicted molar refractivity (Wildman–Crippen MR) is 70.7 cm³/mol. The SMILES string of the molecule is NC1CCCCC1C(=O)Cc1sccc1Br. The third kappa shape index (κ3) is 2.73. The number of carbonyl (C=O) groups is 1. The van der Waals surface area contributed by atoms with Crippen LogP contribution in [0.4, 0.5) is 0 Å². The van der Waals surface area contributed by atoms with Gasteiger partial charge in [-0.15, -0.1) is 11.3 Å². The zero-order valence-corrected chi connectivity index (χ0v) is 11.5. The van der Waals surface area contributed by atoms with Crippen molar-refractivity contribution in [3.63, 3.8) is 0 Å². The zero-order chi connectivity index (χ0) is 11.5. The van der Waals surface area contributed by atoms with Gasteiger partial charge in [0.25, 0.3) is 0 Å². The summed E-state index contributed by atoms with van der Waals surface area (Å²) in [6, 6.07) is 2.08. The monoisotopic (exact) mass is 301 g/mol. The van der Waals surface area contributed by atoms with Crippen LogP contribution in [0.3, 0.4) is 0 Å². The van der Waals surface area contributed by atoms with Gasteiger partial charge >= 0.3 is 0 Å². The van der Waals surface area contributed by atoms with E-state index in [0.29, 0.717) is 12.2 Å². The van der Waals surface area contributed by atoms with Gasteiger partial charge in [0.2, 0.25) is 0 Å². The van der Waals surface area contributed by atoms with Crippen LogP contribution in [-0.4, -0.2) is 11.8 Å². The standard InChI is InChI=1S/C12H16BrNOS/c13-9-5-6-16-12(9)7-11(15)8-3-1-2-4-10(8)14/h5-6,8,10H,1-4,7,14H2. The highest BCUT2D eigenvalue weighted by Gasteiger charge is 2.28. The molecule has 1 aliphatic rings. The van der Waals surface area contributed by atoms with E-state index in [0.717, 1.165) is 28.6 Å². The number of ketones is 1. The van der Waals surface area contributed by atoms with E-state index in [-0.39, 0.29) is 12.0 Å². The average molecular weight is 302 g/mol. The zero-order valence-electron chi connectivity index (χ0n) is 9.12. The van der Waals surface area contributed by atoms with E-state index in [1.54, 1.807) is 11.3 Å². The van der Waals surface area contributed by atoms with E-state index in [1.165, 1.54) is 6.42 Å². The van der Waals surface area contributed by atoms with Crippen molar-refractivity contribution in [2.45, 2.75) is 38.1 Å². The van der Waals surface area contributed by atoms with E-state index < -0.39 is 0 Å². The van der Waals surface area contributed by atoms with Crippen molar-refractivity contribution in [1.29, 1.82) is 0 Å². The van der Waals surface area contributed by atoms with Gasteiger partial charge in [-0.2, -0.15) is 0 Å². The molecule has 2 N–H and O–H groups in total. The molecule has 0 radical (unpaired) electrons. The van der Waals surface area contributed by atoms with Gasteiger partial charge in [-0.05, 0) is 40.2 Å². The molecule has 2 nitrogen and oxygen atoms in total. The molecular weight excluding hydrogens is 286 g/mol. The number of carbonyl (C=O) groups excluding carboxylic acids is 1. The molecule has 2 atom stereocenters. The molecule has 88 valence electrons. The Morgan fingerprint density at radius 2 is 2.25 bits per heavy atom. The summed E-state index contributed by atoms with van der Waals surface area (Å²) < 4.78 is 1.05. The molecule has 1 fully saturated rings. The van der Waals surface area contributed by atoms with E-state index in [1.807, 2.05) is 11.4 Å². The summed E-state index contributed by atoms with van der Waals surface area (Å²) >= 11 is 5.10. The van der Waals surface area contributed by atoms with Gasteiger partial charge in [0.05, 0.1) is 0 Å². The Bertz CT molecular complexity index is 377. The normalized spacial score (nSPS) is 25.6. The van der Waals surface area contributed by atoms with Gasteiger partial charge in [0, 0.05) is 27.7 Å². The lowest BCUT2D eigenvalue weighted by Crippen LogP contribution is -2.38. The Hall–Kier alpha value is -0.190. The lowest BCUT2D eigenvalue weighted by molar-refractivity contribution is -0.123. The van der Waals surface area contributed by atoms with Crippen LogP contribution in [0.1, 0.15) is 30.6 Å². The highest BCUT2D eigenvalue weighted by molar-refractivity contribution is 9.10. The second-order valence-corrected chi connectivity index (χ2v) is 6.24. The van der Waals surface area contributed by atoms with Crippen molar-refractivity contribution < 1.29 is 4.79 Å². The van der Waals surface area contributed by atoms with Crippen LogP contribution in [-0.2, 0) is 11.2 Å². The highest BCUT2D eigenvalue weighted by atomic mass is 79.9. The van der Waals surface area contributed by atoms with Gasteiger partial charge in [-0.1, -0.05) is 12.8 Å². The molecule has 0 aliphatic heterocycles. The van der Waals surface area contributed by atoms with Crippen LogP contribution in [0, 0.1) is 5.92 Å². The van der Waals surface area contributed by atoms with E-state index in [9.17, 15) is 4.79 Å². The van der Waals surface area contributed by atoms with Crippen LogP contribution in [0.2, 0.25) is 0 Å². The summed E-state index contributed by atoms with van der Waals surface area (Å²) in [4.78, 5) is 13.3. The number of Topliss-reactive ketones (excluding diaryl/α,β-unsaturated/α-hetero) is 1. The molecule has 1 saturated carbocycles. The van der Waals surface area contributed by atoms with Crippen molar-refractivity contribution in [2.75, 3.05) is 0 Å². The molecule has 0 spiro atoms. The minimum absolute atomic E-state index is 0.0833. The number of halogens is 1. The van der Waals surface area contributed by atoms with Gasteiger partial charge in [0.15, 0.2) is 0 Å². The second kappa shape index (κ2) is 5.43. The Labute approximate surface area is 108 Å². The first kappa shape index (κ1) is 12.3. The van der Waals surface area contributed by atoms with Gasteiger partial charge < -0.3 is 5.73 Å². The lowest BCUT2D eigenvalue weighted by atomic mass is 9.81. The quantitative estimate of drug-likeness (QED) is 0.932. The summed E-state index contributed by atoms with van der Waals surface area (Å²) in [6.07, 6.45) is 4.84. The third-order valence-corrected chi connectivity index (χ3v) is 5.19. The molecular formula is C12H16BrNOS. The maximum Gasteiger partial charge on any atom is 0.142 e. The minimum atomic E-state index is 0.0833. The Morgan fingerprint density at radius 1 is 1.50 bits per heavy atom. The Morgan fingerprint density at radius 3 is 2.88 bits per heavy atom. The maximum atomic E-state index is 12.1. The first-order chi connectivity index (χ1) is 7.68. The van der Waals surface area contributed by atoms with Gasteiger partial charge in [-0.25, -0.2) is 0 Å². The minimum Gasteiger partial charge on any atom is -0.327 e. The number of hydrogen-bond acceptors (Lipinski definition) is 3. The molecule has 4 heteroatoms. The van der Waals surface area contributed by atoms with Gasteiger partial charge in [0.1, 0.15) is 5.78 Å². The van der Waals surface area contributed by atoms with Crippen molar-refractivity contribution in [1.82, 2.24) is 0 Å². The smallest absolute Gasteiger partial charge is 0.142 e. The molecule has 16 heavy (non-hydrogen) atoms. The van der Waals surface area contributed by atoms with Crippen LogP contribution in [0.25, 0.3) is 0 Å². The van der Waals surface area contributed by atoms with Crippen LogP contribution >= 0.6 is 27.3 Å². The second-order valence-electron chi connectivity index (χ2n) is 4.39. The fraction of sp³-hybridized carbons (Fsp3) is 0.583. The van der Waals surface area contributed by atoms with Crippen LogP contribution in [0.5, 0.6) is 0 Å². The number of nitrogens with two attached hydrogens (primary N) is 1. The fourth-order valence-electron chi connectivity index (χ4n) is 2.30. The largest absolute Gasteiger partial charge is 0.327 e. The number of hydrogen-bond donors (Lipinski definition) is 1. The van der Waals surface area contributed by atoms with E-state index in [2.05, 4.69) is 15.9 Å². The summed E-state index contributed by atoms with van der Waals surface area (Å²) in [5.41, 5.74) is 6.02. The van der Waals surface area contributed by atoms with Crippen molar-refractivity contribution in [2.24, 2.45) is 11.7 Å². The summed E-state index contributed by atoms with van der Waals surface area (Å²) in [5, 5.41) is 2.01. The summed E-state index contributed by atoms with van der Waals surface area (Å²) in [5.74, 6) is 0.401. The van der Waals surface area contributed by atoms with Crippen LogP contribution < -0.4 is 5.73 Å². The molecule has 2 rings (SSSR count). The first-order valence-corrected chi connectivity index (χ1v) is 7.36. The topological polar surface area (TPSA) is 43.1 Å². The predicted octanol–water partition coefficient (Wildman–Crippen LogP) is 3.14. The summed E-state index contributed by atoms with van der Waals surface area (Å²) in [6.45, 7) is 0. The van der Waals surface area contributed by atoms with E-state index >= 15 is 0 Å². The number of rotatable bonds is 3. The Kier molecular flexibility index (Phi) is 4.16. The van der Waals surface area contributed by atoms with Crippen LogP contribution in [0.15, 0.2) is 15.9 Å². The van der Waals surface area contributed by atoms with Gasteiger partial charge in [-0.3, -0.25) is 4.79 Å². The third-order valence-electron chi connectivity index (χ3n) is 3.26. The lowest BCUT2D eigenvalue weighted by Gasteiger charge is -2.27. The highest BCUT2D eigenvalue weighted by Crippen LogP contribution is 2.28. The maximum absolute atomic E-state index is 12.1. The number of thiophene rings is 1. The molecule has 1 aromatic rings. The molecule has 0 amide bonds.